The van der Waals surface area contributed by atoms with Crippen molar-refractivity contribution in [3.8, 4) is 17.3 Å². The molecule has 0 radical (unpaired) electrons. The fourth-order valence-electron chi connectivity index (χ4n) is 3.31. The maximum absolute atomic E-state index is 12.3. The van der Waals surface area contributed by atoms with Crippen LogP contribution in [0.3, 0.4) is 0 Å². The number of ether oxygens (including phenoxy) is 2. The molecule has 2 aromatic rings. The molecule has 8 heteroatoms. The van der Waals surface area contributed by atoms with Gasteiger partial charge in [0.25, 0.3) is 5.56 Å². The second-order valence-electron chi connectivity index (χ2n) is 7.64. The predicted octanol–water partition coefficient (Wildman–Crippen LogP) is 3.67. The molecular weight excluding hydrogens is 410 g/mol. The highest BCUT2D eigenvalue weighted by Gasteiger charge is 2.14. The van der Waals surface area contributed by atoms with Crippen molar-refractivity contribution in [3.63, 3.8) is 0 Å². The molecular formula is C24H35N3O5. The van der Waals surface area contributed by atoms with Crippen molar-refractivity contribution in [1.82, 2.24) is 9.55 Å². The van der Waals surface area contributed by atoms with Crippen LogP contribution in [0.15, 0.2) is 38.8 Å². The lowest BCUT2D eigenvalue weighted by Crippen LogP contribution is -2.31. The number of hydrogen-bond acceptors (Lipinski definition) is 6. The highest BCUT2D eigenvalue weighted by Crippen LogP contribution is 2.19. The summed E-state index contributed by atoms with van der Waals surface area (Å²) in [5.74, 6) is 0.787. The Morgan fingerprint density at radius 1 is 1.16 bits per heavy atom. The van der Waals surface area contributed by atoms with Crippen molar-refractivity contribution < 1.29 is 14.6 Å². The van der Waals surface area contributed by atoms with E-state index in [9.17, 15) is 14.7 Å². The topological polar surface area (TPSA) is 106 Å². The lowest BCUT2D eigenvalue weighted by molar-refractivity contribution is 0.0933. The molecule has 0 bridgehead atoms. The van der Waals surface area contributed by atoms with Crippen LogP contribution in [0.5, 0.6) is 11.6 Å². The Bertz CT molecular complexity index is 963. The number of hydrogen-bond donors (Lipinski definition) is 2. The zero-order chi connectivity index (χ0) is 23.3. The number of aromatic hydroxyl groups is 1. The van der Waals surface area contributed by atoms with Crippen LogP contribution >= 0.6 is 0 Å². The maximum Gasteiger partial charge on any atom is 0.335 e. The van der Waals surface area contributed by atoms with Crippen LogP contribution in [0.4, 0.5) is 0 Å². The molecule has 0 amide bonds. The average molecular weight is 446 g/mol. The minimum atomic E-state index is -0.726. The molecule has 0 fully saturated rings. The van der Waals surface area contributed by atoms with Crippen molar-refractivity contribution >= 4 is 6.21 Å². The third kappa shape index (κ3) is 7.37. The van der Waals surface area contributed by atoms with Crippen LogP contribution in [0.2, 0.25) is 0 Å². The summed E-state index contributed by atoms with van der Waals surface area (Å²) in [6, 6.07) is 6.64. The molecule has 0 aliphatic rings. The van der Waals surface area contributed by atoms with E-state index in [0.717, 1.165) is 17.6 Å². The van der Waals surface area contributed by atoms with Gasteiger partial charge in [0, 0.05) is 26.0 Å². The Hall–Kier alpha value is -2.87. The Morgan fingerprint density at radius 2 is 1.91 bits per heavy atom. The van der Waals surface area contributed by atoms with E-state index in [-0.39, 0.29) is 5.56 Å². The minimum Gasteiger partial charge on any atom is -0.494 e. The first-order valence-corrected chi connectivity index (χ1v) is 11.4. The standard InChI is InChI=1S/C24H35N3O5/c1-4-7-9-18(5-2)17-31-15-8-14-25-16-21-22(28)26-24(30)27(23(21)29)19-10-12-20(13-11-19)32-6-3/h10-13,16,18,29H,4-9,14-15,17H2,1-3H3,(H,26,28,30)/t18-/m1/s1. The molecule has 0 saturated heterocycles. The number of rotatable bonds is 14. The molecule has 1 aromatic carbocycles. The second-order valence-corrected chi connectivity index (χ2v) is 7.64. The largest absolute Gasteiger partial charge is 0.494 e. The lowest BCUT2D eigenvalue weighted by atomic mass is 10.0. The van der Waals surface area contributed by atoms with Gasteiger partial charge >= 0.3 is 5.69 Å². The summed E-state index contributed by atoms with van der Waals surface area (Å²) in [4.78, 5) is 30.9. The van der Waals surface area contributed by atoms with Gasteiger partial charge in [0.2, 0.25) is 5.88 Å². The molecule has 0 aliphatic heterocycles. The van der Waals surface area contributed by atoms with E-state index in [0.29, 0.717) is 43.5 Å². The molecule has 0 aliphatic carbocycles. The first-order valence-electron chi connectivity index (χ1n) is 11.4. The van der Waals surface area contributed by atoms with Crippen LogP contribution in [0, 0.1) is 5.92 Å². The summed E-state index contributed by atoms with van der Waals surface area (Å²) in [5, 5.41) is 10.6. The molecule has 32 heavy (non-hydrogen) atoms. The van der Waals surface area contributed by atoms with Crippen LogP contribution in [-0.2, 0) is 4.74 Å². The zero-order valence-electron chi connectivity index (χ0n) is 19.3. The van der Waals surface area contributed by atoms with Gasteiger partial charge in [0.05, 0.1) is 12.3 Å². The Kier molecular flexibility index (Phi) is 10.7. The number of aromatic nitrogens is 2. The summed E-state index contributed by atoms with van der Waals surface area (Å²) in [5.41, 5.74) is -1.07. The van der Waals surface area contributed by atoms with E-state index in [1.807, 2.05) is 6.92 Å². The third-order valence-electron chi connectivity index (χ3n) is 5.22. The van der Waals surface area contributed by atoms with Gasteiger partial charge < -0.3 is 14.6 Å². The molecule has 1 atom stereocenters. The number of benzene rings is 1. The normalized spacial score (nSPS) is 12.3. The number of nitrogens with zero attached hydrogens (tertiary/aromatic N) is 2. The van der Waals surface area contributed by atoms with Gasteiger partial charge in [-0.3, -0.25) is 14.8 Å². The molecule has 8 nitrogen and oxygen atoms in total. The summed E-state index contributed by atoms with van der Waals surface area (Å²) in [7, 11) is 0. The molecule has 0 saturated carbocycles. The number of aromatic amines is 1. The van der Waals surface area contributed by atoms with E-state index < -0.39 is 17.1 Å². The van der Waals surface area contributed by atoms with Gasteiger partial charge in [-0.25, -0.2) is 9.36 Å². The minimum absolute atomic E-state index is 0.0648. The monoisotopic (exact) mass is 445 g/mol. The fourth-order valence-corrected chi connectivity index (χ4v) is 3.31. The fraction of sp³-hybridized carbons (Fsp3) is 0.542. The number of nitrogens with one attached hydrogen (secondary N) is 1. The average Bonchev–Trinajstić information content (AvgIpc) is 2.78. The van der Waals surface area contributed by atoms with Gasteiger partial charge in [-0.15, -0.1) is 0 Å². The summed E-state index contributed by atoms with van der Waals surface area (Å²) < 4.78 is 12.2. The molecule has 0 unspecified atom stereocenters. The SMILES string of the molecule is CCCC[C@@H](CC)COCCCN=Cc1c(O)n(-c2ccc(OCC)cc2)c(=O)[nH]c1=O. The first-order chi connectivity index (χ1) is 15.5. The van der Waals surface area contributed by atoms with Gasteiger partial charge in [-0.05, 0) is 49.9 Å². The van der Waals surface area contributed by atoms with Gasteiger partial charge in [0.1, 0.15) is 11.3 Å². The van der Waals surface area contributed by atoms with Gasteiger partial charge in [0.15, 0.2) is 0 Å². The zero-order valence-corrected chi connectivity index (χ0v) is 19.3. The molecule has 0 spiro atoms. The van der Waals surface area contributed by atoms with E-state index >= 15 is 0 Å². The molecule has 2 N–H and O–H groups in total. The Balaban J connectivity index is 1.98. The number of H-pyrrole nitrogens is 1. The summed E-state index contributed by atoms with van der Waals surface area (Å²) in [6.45, 7) is 8.57. The lowest BCUT2D eigenvalue weighted by Gasteiger charge is -2.14. The summed E-state index contributed by atoms with van der Waals surface area (Å²) >= 11 is 0. The highest BCUT2D eigenvalue weighted by atomic mass is 16.5. The number of unbranched alkanes of at least 4 members (excludes halogenated alkanes) is 1. The molecule has 1 heterocycles. The van der Waals surface area contributed by atoms with E-state index in [2.05, 4.69) is 23.8 Å². The molecule has 2 rings (SSSR count). The van der Waals surface area contributed by atoms with Crippen molar-refractivity contribution in [2.45, 2.75) is 52.9 Å². The number of aliphatic imine (C=N–C) groups is 1. The Morgan fingerprint density at radius 3 is 2.56 bits per heavy atom. The molecule has 1 aromatic heterocycles. The molecule has 176 valence electrons. The van der Waals surface area contributed by atoms with Crippen LogP contribution in [0.1, 0.15) is 58.4 Å². The van der Waals surface area contributed by atoms with Crippen molar-refractivity contribution in [2.75, 3.05) is 26.4 Å². The van der Waals surface area contributed by atoms with Crippen molar-refractivity contribution in [3.05, 3.63) is 50.7 Å². The van der Waals surface area contributed by atoms with Crippen molar-refractivity contribution in [2.24, 2.45) is 10.9 Å². The van der Waals surface area contributed by atoms with E-state index in [1.54, 1.807) is 24.3 Å². The maximum atomic E-state index is 12.3. The quantitative estimate of drug-likeness (QED) is 0.341. The van der Waals surface area contributed by atoms with Crippen LogP contribution in [0.25, 0.3) is 5.69 Å². The third-order valence-corrected chi connectivity index (χ3v) is 5.22. The van der Waals surface area contributed by atoms with Crippen LogP contribution < -0.4 is 16.0 Å². The highest BCUT2D eigenvalue weighted by molar-refractivity contribution is 5.82. The smallest absolute Gasteiger partial charge is 0.335 e. The Labute approximate surface area is 188 Å². The summed E-state index contributed by atoms with van der Waals surface area (Å²) in [6.07, 6.45) is 6.74. The van der Waals surface area contributed by atoms with Gasteiger partial charge in [-0.1, -0.05) is 33.1 Å². The van der Waals surface area contributed by atoms with E-state index in [4.69, 9.17) is 9.47 Å². The van der Waals surface area contributed by atoms with Crippen molar-refractivity contribution in [1.29, 1.82) is 0 Å². The van der Waals surface area contributed by atoms with Gasteiger partial charge in [-0.2, -0.15) is 0 Å². The van der Waals surface area contributed by atoms with Crippen LogP contribution in [-0.4, -0.2) is 47.2 Å². The first kappa shape index (κ1) is 25.4. The van der Waals surface area contributed by atoms with E-state index in [1.165, 1.54) is 25.5 Å². The predicted molar refractivity (Wildman–Crippen MR) is 127 cm³/mol. The second kappa shape index (κ2) is 13.5.